The van der Waals surface area contributed by atoms with Gasteiger partial charge in [0.1, 0.15) is 5.69 Å². The Hall–Kier alpha value is -4.21. The fourth-order valence-corrected chi connectivity index (χ4v) is 4.63. The van der Waals surface area contributed by atoms with E-state index in [1.807, 2.05) is 55.5 Å². The molecule has 1 fully saturated rings. The number of nitrogens with one attached hydrogen (secondary N) is 3. The zero-order chi connectivity index (χ0) is 26.5. The van der Waals surface area contributed by atoms with E-state index in [4.69, 9.17) is 9.72 Å². The molecule has 8 nitrogen and oxygen atoms in total. The molecule has 194 valence electrons. The van der Waals surface area contributed by atoms with E-state index in [1.54, 1.807) is 24.3 Å². The second kappa shape index (κ2) is 11.5. The van der Waals surface area contributed by atoms with Crippen molar-refractivity contribution < 1.29 is 19.4 Å². The molecule has 9 heteroatoms. The molecule has 38 heavy (non-hydrogen) atoms. The lowest BCUT2D eigenvalue weighted by atomic mass is 10.1. The summed E-state index contributed by atoms with van der Waals surface area (Å²) in [5, 5.41) is 19.3. The van der Waals surface area contributed by atoms with E-state index in [1.165, 1.54) is 11.3 Å². The van der Waals surface area contributed by atoms with Crippen molar-refractivity contribution in [1.29, 1.82) is 0 Å². The quantitative estimate of drug-likeness (QED) is 0.227. The lowest BCUT2D eigenvalue weighted by Crippen LogP contribution is -2.26. The number of aliphatic hydroxyl groups is 1. The number of aliphatic hydroxyl groups excluding tert-OH is 1. The van der Waals surface area contributed by atoms with E-state index in [9.17, 15) is 14.7 Å². The minimum Gasteiger partial charge on any atom is -0.397 e. The maximum atomic E-state index is 12.7. The fraction of sp³-hybridized carbons (Fsp3) is 0.207. The molecule has 0 atom stereocenters. The minimum atomic E-state index is -0.591. The number of aromatic nitrogens is 1. The Bertz CT molecular complexity index is 1430. The molecule has 0 radical (unpaired) electrons. The number of thiazole rings is 1. The number of anilines is 2. The first-order chi connectivity index (χ1) is 18.5. The van der Waals surface area contributed by atoms with Crippen molar-refractivity contribution in [2.75, 3.05) is 5.32 Å². The lowest BCUT2D eigenvalue weighted by Gasteiger charge is -2.10. The van der Waals surface area contributed by atoms with Gasteiger partial charge in [-0.3, -0.25) is 4.79 Å². The van der Waals surface area contributed by atoms with E-state index in [-0.39, 0.29) is 18.6 Å². The average Bonchev–Trinajstić information content (AvgIpc) is 3.67. The first kappa shape index (κ1) is 25.4. The standard InChI is InChI=1S/C29H28N4O4S/c1-18-7-10-22(26(35)31-23-13-14-23)15-24(18)32-28-33-25(21-11-8-20(17-34)9-12-21)27(38-28)37-29(36)30-16-19-5-3-2-4-6-19/h2-12,15,23,34H,13-14,16-17H2,1H3,(H,30,36)(H,31,35)(H,32,33). The first-order valence-electron chi connectivity index (χ1n) is 12.4. The van der Waals surface area contributed by atoms with Gasteiger partial charge in [-0.2, -0.15) is 0 Å². The Balaban J connectivity index is 1.38. The molecule has 1 aromatic heterocycles. The van der Waals surface area contributed by atoms with Crippen LogP contribution in [0.25, 0.3) is 11.3 Å². The Kier molecular flexibility index (Phi) is 7.67. The summed E-state index contributed by atoms with van der Waals surface area (Å²) < 4.78 is 5.69. The second-order valence-electron chi connectivity index (χ2n) is 9.14. The van der Waals surface area contributed by atoms with Crippen molar-refractivity contribution in [3.05, 3.63) is 95.1 Å². The van der Waals surface area contributed by atoms with Gasteiger partial charge in [0.2, 0.25) is 5.06 Å². The van der Waals surface area contributed by atoms with Gasteiger partial charge in [-0.25, -0.2) is 9.78 Å². The monoisotopic (exact) mass is 528 g/mol. The van der Waals surface area contributed by atoms with Crippen LogP contribution in [0.1, 0.15) is 39.9 Å². The fourth-order valence-electron chi connectivity index (χ4n) is 3.78. The molecular formula is C29H28N4O4S. The topological polar surface area (TPSA) is 113 Å². The largest absolute Gasteiger partial charge is 0.413 e. The van der Waals surface area contributed by atoms with Gasteiger partial charge in [0.05, 0.1) is 6.61 Å². The van der Waals surface area contributed by atoms with Crippen molar-refractivity contribution in [1.82, 2.24) is 15.6 Å². The molecule has 2 amide bonds. The molecular weight excluding hydrogens is 500 g/mol. The number of benzene rings is 3. The molecule has 1 aliphatic carbocycles. The zero-order valence-corrected chi connectivity index (χ0v) is 21.7. The van der Waals surface area contributed by atoms with Gasteiger partial charge in [-0.1, -0.05) is 72.0 Å². The van der Waals surface area contributed by atoms with Crippen LogP contribution < -0.4 is 20.7 Å². The van der Waals surface area contributed by atoms with Crippen molar-refractivity contribution in [3.8, 4) is 16.3 Å². The molecule has 1 heterocycles. The first-order valence-corrected chi connectivity index (χ1v) is 13.2. The van der Waals surface area contributed by atoms with Crippen molar-refractivity contribution in [3.63, 3.8) is 0 Å². The van der Waals surface area contributed by atoms with Crippen molar-refractivity contribution in [2.24, 2.45) is 0 Å². The predicted octanol–water partition coefficient (Wildman–Crippen LogP) is 5.54. The number of carbonyl (C=O) groups excluding carboxylic acids is 2. The summed E-state index contributed by atoms with van der Waals surface area (Å²) in [7, 11) is 0. The summed E-state index contributed by atoms with van der Waals surface area (Å²) in [5.41, 5.74) is 5.21. The van der Waals surface area contributed by atoms with Crippen LogP contribution in [0.4, 0.5) is 15.6 Å². The number of rotatable bonds is 9. The van der Waals surface area contributed by atoms with Crippen LogP contribution in [-0.4, -0.2) is 28.1 Å². The predicted molar refractivity (Wildman–Crippen MR) is 148 cm³/mol. The van der Waals surface area contributed by atoms with E-state index < -0.39 is 6.09 Å². The number of hydrogen-bond donors (Lipinski definition) is 4. The number of hydrogen-bond acceptors (Lipinski definition) is 7. The summed E-state index contributed by atoms with van der Waals surface area (Å²) in [6, 6.07) is 22.6. The van der Waals surface area contributed by atoms with Crippen LogP contribution in [-0.2, 0) is 13.2 Å². The van der Waals surface area contributed by atoms with Crippen LogP contribution in [0.5, 0.6) is 5.06 Å². The Morgan fingerprint density at radius 2 is 1.79 bits per heavy atom. The summed E-state index contributed by atoms with van der Waals surface area (Å²) in [6.07, 6.45) is 1.45. The highest BCUT2D eigenvalue weighted by Gasteiger charge is 2.24. The van der Waals surface area contributed by atoms with Gasteiger partial charge in [-0.15, -0.1) is 0 Å². The van der Waals surface area contributed by atoms with E-state index in [0.29, 0.717) is 28.0 Å². The molecule has 5 rings (SSSR count). The molecule has 0 aliphatic heterocycles. The summed E-state index contributed by atoms with van der Waals surface area (Å²) in [4.78, 5) is 29.9. The molecule has 4 N–H and O–H groups in total. The number of nitrogens with zero attached hydrogens (tertiary/aromatic N) is 1. The van der Waals surface area contributed by atoms with Crippen LogP contribution in [0.15, 0.2) is 72.8 Å². The second-order valence-corrected chi connectivity index (χ2v) is 10.1. The van der Waals surface area contributed by atoms with Crippen molar-refractivity contribution >= 4 is 34.2 Å². The van der Waals surface area contributed by atoms with Gasteiger partial charge in [0.25, 0.3) is 5.91 Å². The molecule has 0 saturated heterocycles. The number of ether oxygens (including phenoxy) is 1. The van der Waals surface area contributed by atoms with E-state index in [0.717, 1.165) is 40.8 Å². The van der Waals surface area contributed by atoms with Crippen LogP contribution in [0.2, 0.25) is 0 Å². The Morgan fingerprint density at radius 3 is 2.50 bits per heavy atom. The van der Waals surface area contributed by atoms with Gasteiger partial charge in [-0.05, 0) is 48.6 Å². The van der Waals surface area contributed by atoms with E-state index >= 15 is 0 Å². The zero-order valence-electron chi connectivity index (χ0n) is 20.9. The molecule has 4 aromatic rings. The Labute approximate surface area is 224 Å². The van der Waals surface area contributed by atoms with Crippen LogP contribution in [0, 0.1) is 6.92 Å². The van der Waals surface area contributed by atoms with Gasteiger partial charge in [0.15, 0.2) is 5.13 Å². The molecule has 0 unspecified atom stereocenters. The summed E-state index contributed by atoms with van der Waals surface area (Å²) >= 11 is 1.20. The molecule has 1 aliphatic rings. The maximum absolute atomic E-state index is 12.7. The molecule has 0 bridgehead atoms. The van der Waals surface area contributed by atoms with Crippen LogP contribution >= 0.6 is 11.3 Å². The number of aryl methyl sites for hydroxylation is 1. The minimum absolute atomic E-state index is 0.0701. The Morgan fingerprint density at radius 1 is 1.03 bits per heavy atom. The lowest BCUT2D eigenvalue weighted by molar-refractivity contribution is 0.0951. The van der Waals surface area contributed by atoms with Crippen molar-refractivity contribution in [2.45, 2.75) is 39.0 Å². The highest BCUT2D eigenvalue weighted by molar-refractivity contribution is 7.18. The summed E-state index contributed by atoms with van der Waals surface area (Å²) in [5.74, 6) is -0.0986. The third-order valence-corrected chi connectivity index (χ3v) is 6.97. The number of amides is 2. The highest BCUT2D eigenvalue weighted by atomic mass is 32.1. The van der Waals surface area contributed by atoms with E-state index in [2.05, 4.69) is 16.0 Å². The van der Waals surface area contributed by atoms with Crippen LogP contribution in [0.3, 0.4) is 0 Å². The van der Waals surface area contributed by atoms with Gasteiger partial charge in [0, 0.05) is 29.4 Å². The smallest absolute Gasteiger partial charge is 0.397 e. The third-order valence-electron chi connectivity index (χ3n) is 6.13. The average molecular weight is 529 g/mol. The number of carbonyl (C=O) groups is 2. The molecule has 1 saturated carbocycles. The normalized spacial score (nSPS) is 12.6. The highest BCUT2D eigenvalue weighted by Crippen LogP contribution is 2.39. The SMILES string of the molecule is Cc1ccc(C(=O)NC2CC2)cc1Nc1nc(-c2ccc(CO)cc2)c(OC(=O)NCc2ccccc2)s1. The molecule has 3 aromatic carbocycles. The van der Waals surface area contributed by atoms with Gasteiger partial charge >= 0.3 is 6.09 Å². The molecule has 0 spiro atoms. The third kappa shape index (κ3) is 6.37. The summed E-state index contributed by atoms with van der Waals surface area (Å²) in [6.45, 7) is 2.21. The van der Waals surface area contributed by atoms with Gasteiger partial charge < -0.3 is 25.8 Å². The maximum Gasteiger partial charge on any atom is 0.413 e.